The first kappa shape index (κ1) is 72.6. The fraction of sp³-hybridized carbons (Fsp3) is 0.597. The highest BCUT2D eigenvalue weighted by atomic mass is 16.5. The maximum atomic E-state index is 11.4. The van der Waals surface area contributed by atoms with E-state index < -0.39 is 24.4 Å². The average Bonchev–Trinajstić information content (AvgIpc) is 4.52. The predicted molar refractivity (Wildman–Crippen MR) is 340 cm³/mol. The van der Waals surface area contributed by atoms with E-state index in [1.807, 2.05) is 89.2 Å². The number of amides is 2. The van der Waals surface area contributed by atoms with Crippen LogP contribution in [0.4, 0.5) is 11.4 Å². The molecule has 86 heavy (non-hydrogen) atoms. The Hall–Kier alpha value is -5.87. The molecule has 1 aliphatic carbocycles. The summed E-state index contributed by atoms with van der Waals surface area (Å²) in [6.45, 7) is 32.2. The number of ether oxygens (including phenoxy) is 6. The summed E-state index contributed by atoms with van der Waals surface area (Å²) >= 11 is 0. The van der Waals surface area contributed by atoms with Crippen molar-refractivity contribution in [2.24, 2.45) is 5.92 Å². The van der Waals surface area contributed by atoms with Crippen LogP contribution in [0.2, 0.25) is 0 Å². The van der Waals surface area contributed by atoms with E-state index in [-0.39, 0.29) is 48.7 Å². The largest absolute Gasteiger partial charge is 0.491 e. The van der Waals surface area contributed by atoms with Gasteiger partial charge in [0.15, 0.2) is 0 Å². The topological polar surface area (TPSA) is 260 Å². The van der Waals surface area contributed by atoms with E-state index in [4.69, 9.17) is 28.4 Å². The number of aryl methyl sites for hydroxylation is 1. The Bertz CT molecular complexity index is 2590. The third-order valence-corrected chi connectivity index (χ3v) is 13.7. The smallest absolute Gasteiger partial charge is 0.308 e. The van der Waals surface area contributed by atoms with Crippen LogP contribution in [0.15, 0.2) is 66.7 Å². The van der Waals surface area contributed by atoms with Gasteiger partial charge in [-0.05, 0) is 165 Å². The van der Waals surface area contributed by atoms with Gasteiger partial charge in [-0.2, -0.15) is 0 Å². The first-order valence-corrected chi connectivity index (χ1v) is 30.5. The number of aliphatic hydroxyl groups is 4. The lowest BCUT2D eigenvalue weighted by Crippen LogP contribution is -2.42. The van der Waals surface area contributed by atoms with Crippen molar-refractivity contribution in [3.05, 3.63) is 100 Å². The average molecular weight is 1200 g/mol. The molecule has 10 N–H and O–H groups in total. The van der Waals surface area contributed by atoms with Crippen LogP contribution in [0.5, 0.6) is 28.7 Å². The number of hydrogen-bond acceptors (Lipinski definition) is 17. The Balaban J connectivity index is 0.000000246. The first-order valence-electron chi connectivity index (χ1n) is 30.5. The van der Waals surface area contributed by atoms with E-state index in [2.05, 4.69) is 99.4 Å². The van der Waals surface area contributed by atoms with E-state index in [0.29, 0.717) is 82.1 Å². The van der Waals surface area contributed by atoms with E-state index in [1.165, 1.54) is 25.3 Å². The molecule has 4 aromatic carbocycles. The summed E-state index contributed by atoms with van der Waals surface area (Å²) in [4.78, 5) is 33.9. The molecule has 19 nitrogen and oxygen atoms in total. The van der Waals surface area contributed by atoms with Crippen molar-refractivity contribution in [1.29, 1.82) is 0 Å². The van der Waals surface area contributed by atoms with Gasteiger partial charge >= 0.3 is 5.97 Å². The van der Waals surface area contributed by atoms with Crippen molar-refractivity contribution in [1.82, 2.24) is 21.3 Å². The molecule has 19 heteroatoms. The Labute approximate surface area is 512 Å². The molecular weight excluding hydrogens is 1100 g/mol. The van der Waals surface area contributed by atoms with Crippen LogP contribution in [-0.2, 0) is 38.4 Å². The summed E-state index contributed by atoms with van der Waals surface area (Å²) in [5.74, 6) is 4.12. The lowest BCUT2D eigenvalue weighted by Gasteiger charge is -2.24. The molecule has 1 saturated carbocycles. The number of hydrogen-bond donors (Lipinski definition) is 10. The molecule has 2 heterocycles. The van der Waals surface area contributed by atoms with Crippen molar-refractivity contribution < 1.29 is 63.2 Å². The molecule has 7 rings (SSSR count). The van der Waals surface area contributed by atoms with Crippen LogP contribution in [0, 0.1) is 26.7 Å². The van der Waals surface area contributed by atoms with E-state index in [0.717, 1.165) is 82.0 Å². The van der Waals surface area contributed by atoms with Crippen LogP contribution >= 0.6 is 0 Å². The Morgan fingerprint density at radius 1 is 0.593 bits per heavy atom. The minimum absolute atomic E-state index is 0.0306. The summed E-state index contributed by atoms with van der Waals surface area (Å²) in [7, 11) is 0. The van der Waals surface area contributed by atoms with Crippen LogP contribution in [-0.4, -0.2) is 152 Å². The van der Waals surface area contributed by atoms with Gasteiger partial charge in [0.25, 0.3) is 0 Å². The van der Waals surface area contributed by atoms with Gasteiger partial charge in [-0.3, -0.25) is 14.4 Å². The minimum atomic E-state index is -0.574. The fourth-order valence-electron chi connectivity index (χ4n) is 8.58. The molecule has 2 aliphatic heterocycles. The van der Waals surface area contributed by atoms with Crippen molar-refractivity contribution in [3.63, 3.8) is 0 Å². The highest BCUT2D eigenvalue weighted by Crippen LogP contribution is 2.35. The molecule has 0 aromatic heterocycles. The first-order chi connectivity index (χ1) is 40.5. The molecule has 3 aliphatic rings. The number of fused-ring (bicyclic) bond motifs is 2. The zero-order chi connectivity index (χ0) is 63.6. The van der Waals surface area contributed by atoms with E-state index >= 15 is 0 Å². The quantitative estimate of drug-likeness (QED) is 0.0146. The number of anilines is 2. The molecular formula is C67H104N6O13. The fourth-order valence-corrected chi connectivity index (χ4v) is 8.58. The zero-order valence-corrected chi connectivity index (χ0v) is 53.9. The number of benzene rings is 4. The second-order valence-corrected chi connectivity index (χ2v) is 25.2. The SMILES string of the molecule is CC(=O)Oc1c(C)cc(OCC(O)CNC(C)C)c(C)c1C.CC(C)(C)NCC(O)COc1cccc2c1CCC(=O)N2.CC(C)(C)NCC(O)COc1cccc2c1CCC(=O)N2.CC(C)NC[C@H](O)COc1ccc(CCOCC2CC2)cc1. The molecule has 3 unspecified atom stereocenters. The third kappa shape index (κ3) is 29.2. The molecule has 0 saturated heterocycles. The predicted octanol–water partition coefficient (Wildman–Crippen LogP) is 8.07. The van der Waals surface area contributed by atoms with Gasteiger partial charge in [0.2, 0.25) is 11.8 Å². The van der Waals surface area contributed by atoms with Crippen LogP contribution in [0.25, 0.3) is 0 Å². The maximum absolute atomic E-state index is 11.4. The summed E-state index contributed by atoms with van der Waals surface area (Å²) in [5, 5.41) is 58.1. The van der Waals surface area contributed by atoms with E-state index in [1.54, 1.807) is 0 Å². The van der Waals surface area contributed by atoms with Crippen LogP contribution in [0.3, 0.4) is 0 Å². The molecule has 480 valence electrons. The van der Waals surface area contributed by atoms with Gasteiger partial charge in [-0.25, -0.2) is 0 Å². The third-order valence-electron chi connectivity index (χ3n) is 13.7. The number of carbonyl (C=O) groups is 3. The number of nitrogens with one attached hydrogen (secondary N) is 6. The van der Waals surface area contributed by atoms with Crippen molar-refractivity contribution in [2.45, 2.75) is 189 Å². The molecule has 4 aromatic rings. The number of carbonyl (C=O) groups excluding carboxylic acids is 3. The summed E-state index contributed by atoms with van der Waals surface area (Å²) in [5.41, 5.74) is 7.45. The molecule has 0 bridgehead atoms. The highest BCUT2D eigenvalue weighted by molar-refractivity contribution is 5.95. The second-order valence-electron chi connectivity index (χ2n) is 25.2. The maximum Gasteiger partial charge on any atom is 0.308 e. The lowest BCUT2D eigenvalue weighted by atomic mass is 10.0. The summed E-state index contributed by atoms with van der Waals surface area (Å²) in [6.07, 6.45) is 3.71. The summed E-state index contributed by atoms with van der Waals surface area (Å²) < 4.78 is 33.7. The standard InChI is InChI=1S/C18H29NO3.C17H27NO4.2C16H24N2O3/c1-14(2)19-11-17(20)13-22-18-7-5-15(6-8-18)9-10-21-12-16-3-4-16;1-10(2)18-8-15(20)9-21-16-7-11(3)17(22-14(6)19)13(5)12(16)4;2*1-16(2,3)17-9-11(19)10-21-14-6-4-5-13-12(14)7-8-15(20)18-13/h5-8,14,16-17,19-20H,3-4,9-13H2,1-2H3;7,10,15,18,20H,8-9H2,1-6H3;2*4-6,11,17,19H,7-10H2,1-3H3,(H,18,20)/t17-;;;/m0.../s1. The molecule has 1 fully saturated rings. The van der Waals surface area contributed by atoms with Crippen molar-refractivity contribution in [3.8, 4) is 28.7 Å². The van der Waals surface area contributed by atoms with Crippen molar-refractivity contribution >= 4 is 29.2 Å². The van der Waals surface area contributed by atoms with Crippen LogP contribution < -0.4 is 55.6 Å². The molecule has 2 amide bonds. The van der Waals surface area contributed by atoms with Gasteiger partial charge in [-0.1, -0.05) is 52.0 Å². The van der Waals surface area contributed by atoms with Gasteiger partial charge in [-0.15, -0.1) is 0 Å². The van der Waals surface area contributed by atoms with E-state index in [9.17, 15) is 34.8 Å². The minimum Gasteiger partial charge on any atom is -0.491 e. The summed E-state index contributed by atoms with van der Waals surface area (Å²) in [6, 6.07) is 21.8. The van der Waals surface area contributed by atoms with Gasteiger partial charge in [0.1, 0.15) is 79.6 Å². The number of aliphatic hydroxyl groups excluding tert-OH is 4. The number of esters is 1. The van der Waals surface area contributed by atoms with Crippen molar-refractivity contribution in [2.75, 3.05) is 76.5 Å². The monoisotopic (exact) mass is 1200 g/mol. The zero-order valence-electron chi connectivity index (χ0n) is 53.9. The normalized spacial score (nSPS) is 15.1. The Morgan fingerprint density at radius 2 is 1.03 bits per heavy atom. The Kier molecular flexibility index (Phi) is 30.8. The lowest BCUT2D eigenvalue weighted by molar-refractivity contribution is -0.132. The molecule has 0 spiro atoms. The number of β-amino-alcohol motifs (C(OH)–C–C–N with tert-alkyl or cyclic N) is 2. The van der Waals surface area contributed by atoms with Gasteiger partial charge < -0.3 is 80.7 Å². The van der Waals surface area contributed by atoms with Crippen LogP contribution in [0.1, 0.15) is 135 Å². The molecule has 4 atom stereocenters. The molecule has 0 radical (unpaired) electrons. The van der Waals surface area contributed by atoms with Gasteiger partial charge in [0, 0.05) is 98.2 Å². The Morgan fingerprint density at radius 3 is 1.47 bits per heavy atom. The highest BCUT2D eigenvalue weighted by Gasteiger charge is 2.23. The number of rotatable bonds is 28. The van der Waals surface area contributed by atoms with Gasteiger partial charge in [0.05, 0.1) is 6.61 Å². The second kappa shape index (κ2) is 36.4.